The van der Waals surface area contributed by atoms with Crippen LogP contribution in [-0.4, -0.2) is 24.0 Å². The molecule has 122 valence electrons. The van der Waals surface area contributed by atoms with E-state index >= 15 is 0 Å². The van der Waals surface area contributed by atoms with Crippen LogP contribution in [0.3, 0.4) is 0 Å². The smallest absolute Gasteiger partial charge is 0.337 e. The van der Waals surface area contributed by atoms with E-state index in [1.807, 2.05) is 31.3 Å². The molecule has 0 bridgehead atoms. The zero-order valence-electron chi connectivity index (χ0n) is 13.5. The van der Waals surface area contributed by atoms with Crippen LogP contribution in [0.4, 0.5) is 0 Å². The lowest BCUT2D eigenvalue weighted by Gasteiger charge is -2.05. The number of carbonyl (C=O) groups is 2. The van der Waals surface area contributed by atoms with Crippen LogP contribution in [0.5, 0.6) is 5.75 Å². The SMILES string of the molecule is COC(=O)c1ccc(OC(=O)Cc2c[nH]c3cccc(C)c23)cc1. The standard InChI is InChI=1S/C19H17NO4/c1-12-4-3-5-16-18(12)14(11-20-16)10-17(21)24-15-8-6-13(7-9-15)19(22)23-2/h3-9,11,20H,10H2,1-2H3. The average Bonchev–Trinajstić information content (AvgIpc) is 2.99. The number of ether oxygens (including phenoxy) is 2. The summed E-state index contributed by atoms with van der Waals surface area (Å²) in [4.78, 5) is 26.7. The molecule has 0 amide bonds. The van der Waals surface area contributed by atoms with Gasteiger partial charge in [0.25, 0.3) is 0 Å². The number of fused-ring (bicyclic) bond motifs is 1. The maximum absolute atomic E-state index is 12.2. The van der Waals surface area contributed by atoms with Gasteiger partial charge in [0.15, 0.2) is 0 Å². The highest BCUT2D eigenvalue weighted by Gasteiger charge is 2.13. The highest BCUT2D eigenvalue weighted by Crippen LogP contribution is 2.23. The van der Waals surface area contributed by atoms with Crippen molar-refractivity contribution in [2.24, 2.45) is 0 Å². The number of H-pyrrole nitrogens is 1. The predicted molar refractivity (Wildman–Crippen MR) is 90.2 cm³/mol. The summed E-state index contributed by atoms with van der Waals surface area (Å²) in [5, 5.41) is 1.05. The largest absolute Gasteiger partial charge is 0.465 e. The van der Waals surface area contributed by atoms with Crippen molar-refractivity contribution in [3.8, 4) is 5.75 Å². The summed E-state index contributed by atoms with van der Waals surface area (Å²) in [7, 11) is 1.32. The van der Waals surface area contributed by atoms with E-state index in [1.165, 1.54) is 7.11 Å². The molecular weight excluding hydrogens is 306 g/mol. The normalized spacial score (nSPS) is 10.6. The van der Waals surface area contributed by atoms with Gasteiger partial charge in [-0.1, -0.05) is 12.1 Å². The van der Waals surface area contributed by atoms with E-state index in [0.717, 1.165) is 22.0 Å². The molecule has 5 nitrogen and oxygen atoms in total. The topological polar surface area (TPSA) is 68.4 Å². The predicted octanol–water partition coefficient (Wildman–Crippen LogP) is 3.41. The first-order valence-corrected chi connectivity index (χ1v) is 7.53. The molecule has 0 fully saturated rings. The van der Waals surface area contributed by atoms with Crippen molar-refractivity contribution in [2.45, 2.75) is 13.3 Å². The molecule has 0 atom stereocenters. The van der Waals surface area contributed by atoms with Gasteiger partial charge in [-0.15, -0.1) is 0 Å². The Morgan fingerprint density at radius 1 is 1.08 bits per heavy atom. The third-order valence-electron chi connectivity index (χ3n) is 3.84. The number of hydrogen-bond acceptors (Lipinski definition) is 4. The van der Waals surface area contributed by atoms with Gasteiger partial charge in [0.05, 0.1) is 19.1 Å². The highest BCUT2D eigenvalue weighted by molar-refractivity contribution is 5.91. The Labute approximate surface area is 139 Å². The van der Waals surface area contributed by atoms with E-state index in [4.69, 9.17) is 4.74 Å². The molecule has 5 heteroatoms. The summed E-state index contributed by atoms with van der Waals surface area (Å²) >= 11 is 0. The number of aromatic nitrogens is 1. The van der Waals surface area contributed by atoms with Crippen LogP contribution in [0.2, 0.25) is 0 Å². The second-order valence-corrected chi connectivity index (χ2v) is 5.48. The summed E-state index contributed by atoms with van der Waals surface area (Å²) < 4.78 is 9.97. The van der Waals surface area contributed by atoms with Crippen molar-refractivity contribution < 1.29 is 19.1 Å². The number of rotatable bonds is 4. The van der Waals surface area contributed by atoms with Crippen LogP contribution in [0.25, 0.3) is 10.9 Å². The summed E-state index contributed by atoms with van der Waals surface area (Å²) in [6, 6.07) is 12.2. The molecule has 0 radical (unpaired) electrons. The maximum atomic E-state index is 12.2. The van der Waals surface area contributed by atoms with Crippen molar-refractivity contribution >= 4 is 22.8 Å². The lowest BCUT2D eigenvalue weighted by atomic mass is 10.1. The lowest BCUT2D eigenvalue weighted by molar-refractivity contribution is -0.133. The number of methoxy groups -OCH3 is 1. The third-order valence-corrected chi connectivity index (χ3v) is 3.84. The second-order valence-electron chi connectivity index (χ2n) is 5.48. The third kappa shape index (κ3) is 3.15. The first kappa shape index (κ1) is 15.8. The molecule has 0 aliphatic heterocycles. The van der Waals surface area contributed by atoms with Crippen molar-refractivity contribution in [2.75, 3.05) is 7.11 Å². The van der Waals surface area contributed by atoms with Crippen molar-refractivity contribution in [1.29, 1.82) is 0 Å². The summed E-state index contributed by atoms with van der Waals surface area (Å²) in [6.07, 6.45) is 2.00. The minimum absolute atomic E-state index is 0.170. The Morgan fingerprint density at radius 2 is 1.83 bits per heavy atom. The van der Waals surface area contributed by atoms with Crippen LogP contribution < -0.4 is 4.74 Å². The van der Waals surface area contributed by atoms with Gasteiger partial charge in [-0.3, -0.25) is 4.79 Å². The van der Waals surface area contributed by atoms with Gasteiger partial charge in [0.2, 0.25) is 0 Å². The Morgan fingerprint density at radius 3 is 2.54 bits per heavy atom. The summed E-state index contributed by atoms with van der Waals surface area (Å²) in [6.45, 7) is 2.01. The fraction of sp³-hybridized carbons (Fsp3) is 0.158. The van der Waals surface area contributed by atoms with Crippen LogP contribution in [0, 0.1) is 6.92 Å². The minimum Gasteiger partial charge on any atom is -0.465 e. The number of nitrogens with one attached hydrogen (secondary N) is 1. The van der Waals surface area contributed by atoms with Crippen molar-refractivity contribution in [1.82, 2.24) is 4.98 Å². The van der Waals surface area contributed by atoms with Crippen LogP contribution in [0.1, 0.15) is 21.5 Å². The molecule has 0 saturated heterocycles. The van der Waals surface area contributed by atoms with Crippen LogP contribution in [-0.2, 0) is 16.0 Å². The van der Waals surface area contributed by atoms with E-state index in [0.29, 0.717) is 11.3 Å². The molecule has 0 spiro atoms. The van der Waals surface area contributed by atoms with Gasteiger partial charge in [-0.25, -0.2) is 4.79 Å². The Hall–Kier alpha value is -3.08. The number of aryl methyl sites for hydroxylation is 1. The number of aromatic amines is 1. The molecule has 3 aromatic rings. The molecule has 0 aliphatic carbocycles. The van der Waals surface area contributed by atoms with Crippen LogP contribution in [0.15, 0.2) is 48.7 Å². The Kier molecular flexibility index (Phi) is 4.33. The highest BCUT2D eigenvalue weighted by atomic mass is 16.5. The molecule has 3 rings (SSSR count). The lowest BCUT2D eigenvalue weighted by Crippen LogP contribution is -2.11. The minimum atomic E-state index is -0.429. The van der Waals surface area contributed by atoms with Crippen LogP contribution >= 0.6 is 0 Å². The first-order chi connectivity index (χ1) is 11.6. The quantitative estimate of drug-likeness (QED) is 0.590. The molecular formula is C19H17NO4. The van der Waals surface area contributed by atoms with Gasteiger partial charge in [-0.2, -0.15) is 0 Å². The molecule has 0 aliphatic rings. The Balaban J connectivity index is 1.72. The van der Waals surface area contributed by atoms with Gasteiger partial charge in [-0.05, 0) is 48.4 Å². The first-order valence-electron chi connectivity index (χ1n) is 7.53. The van der Waals surface area contributed by atoms with E-state index < -0.39 is 5.97 Å². The van der Waals surface area contributed by atoms with Crippen molar-refractivity contribution in [3.05, 3.63) is 65.4 Å². The zero-order valence-corrected chi connectivity index (χ0v) is 13.5. The molecule has 0 unspecified atom stereocenters. The van der Waals surface area contributed by atoms with E-state index in [2.05, 4.69) is 9.72 Å². The molecule has 1 heterocycles. The molecule has 2 aromatic carbocycles. The number of hydrogen-bond donors (Lipinski definition) is 1. The van der Waals surface area contributed by atoms with Crippen molar-refractivity contribution in [3.63, 3.8) is 0 Å². The second kappa shape index (κ2) is 6.58. The van der Waals surface area contributed by atoms with Gasteiger partial charge in [0, 0.05) is 17.1 Å². The molecule has 1 aromatic heterocycles. The van der Waals surface area contributed by atoms with E-state index in [1.54, 1.807) is 24.3 Å². The van der Waals surface area contributed by atoms with Gasteiger partial charge < -0.3 is 14.5 Å². The molecule has 0 saturated carbocycles. The fourth-order valence-corrected chi connectivity index (χ4v) is 2.69. The zero-order chi connectivity index (χ0) is 17.1. The molecule has 24 heavy (non-hydrogen) atoms. The summed E-state index contributed by atoms with van der Waals surface area (Å²) in [5.41, 5.74) is 3.42. The Bertz CT molecular complexity index is 893. The number of carbonyl (C=O) groups excluding carboxylic acids is 2. The average molecular weight is 323 g/mol. The summed E-state index contributed by atoms with van der Waals surface area (Å²) in [5.74, 6) is -0.392. The monoisotopic (exact) mass is 323 g/mol. The number of benzene rings is 2. The maximum Gasteiger partial charge on any atom is 0.337 e. The molecule has 1 N–H and O–H groups in total. The number of esters is 2. The van der Waals surface area contributed by atoms with Gasteiger partial charge >= 0.3 is 11.9 Å². The fourth-order valence-electron chi connectivity index (χ4n) is 2.69. The van der Waals surface area contributed by atoms with Gasteiger partial charge in [0.1, 0.15) is 5.75 Å². The van der Waals surface area contributed by atoms with E-state index in [9.17, 15) is 9.59 Å². The van der Waals surface area contributed by atoms with E-state index in [-0.39, 0.29) is 12.4 Å².